The molecule has 2 heteroatoms. The number of furan rings is 1. The third-order valence-electron chi connectivity index (χ3n) is 7.46. The van der Waals surface area contributed by atoms with Crippen molar-refractivity contribution in [2.75, 3.05) is 0 Å². The molecule has 2 heterocycles. The molecule has 0 amide bonds. The van der Waals surface area contributed by atoms with E-state index in [2.05, 4.69) is 42.5 Å². The van der Waals surface area contributed by atoms with E-state index in [0.717, 1.165) is 28.5 Å². The minimum Gasteiger partial charge on any atom is -0.461 e. The number of nitrogens with zero attached hydrogens (tertiary/aromatic N) is 1. The van der Waals surface area contributed by atoms with Crippen LogP contribution in [0, 0.1) is 6.92 Å². The lowest BCUT2D eigenvalue weighted by Crippen LogP contribution is -1.96. The van der Waals surface area contributed by atoms with Crippen LogP contribution in [0.3, 0.4) is 0 Å². The molecule has 0 spiro atoms. The maximum atomic E-state index is 6.19. The first-order valence-corrected chi connectivity index (χ1v) is 11.7. The summed E-state index contributed by atoms with van der Waals surface area (Å²) in [7, 11) is 0. The number of fused-ring (bicyclic) bond motifs is 2. The van der Waals surface area contributed by atoms with Crippen molar-refractivity contribution in [3.8, 4) is 11.3 Å². The van der Waals surface area contributed by atoms with Gasteiger partial charge in [0.2, 0.25) is 0 Å². The van der Waals surface area contributed by atoms with Crippen LogP contribution in [0.4, 0.5) is 0 Å². The molecule has 0 saturated heterocycles. The lowest BCUT2D eigenvalue weighted by Gasteiger charge is -2.15. The first-order chi connectivity index (χ1) is 14.8. The van der Waals surface area contributed by atoms with Gasteiger partial charge in [-0.15, -0.1) is 0 Å². The van der Waals surface area contributed by atoms with Crippen molar-refractivity contribution in [2.24, 2.45) is 0 Å². The van der Waals surface area contributed by atoms with Gasteiger partial charge in [-0.3, -0.25) is 4.98 Å². The van der Waals surface area contributed by atoms with Crippen LogP contribution in [0.1, 0.15) is 80.1 Å². The van der Waals surface area contributed by atoms with E-state index < -0.39 is 0 Å². The van der Waals surface area contributed by atoms with Crippen molar-refractivity contribution >= 4 is 21.7 Å². The third kappa shape index (κ3) is 3.05. The largest absolute Gasteiger partial charge is 0.461 e. The molecule has 4 aromatic rings. The van der Waals surface area contributed by atoms with Gasteiger partial charge in [0.25, 0.3) is 0 Å². The standard InChI is InChI=1S/C28H29NO/c1-18-14-24-16-23(20-8-4-5-9-20)17-26(28(24)30-18)27-25-11-10-21(19-6-2-3-7-19)15-22(25)12-13-29-27/h10-17,19-20H,2-9H2,1H3. The Labute approximate surface area is 178 Å². The van der Waals surface area contributed by atoms with Crippen LogP contribution in [0.15, 0.2) is 53.1 Å². The van der Waals surface area contributed by atoms with Crippen molar-refractivity contribution < 1.29 is 4.42 Å². The number of rotatable bonds is 3. The molecule has 2 saturated carbocycles. The Balaban J connectivity index is 1.53. The number of aryl methyl sites for hydroxylation is 1. The van der Waals surface area contributed by atoms with E-state index in [1.807, 2.05) is 13.1 Å². The van der Waals surface area contributed by atoms with E-state index in [9.17, 15) is 0 Å². The second-order valence-corrected chi connectivity index (χ2v) is 9.45. The zero-order valence-corrected chi connectivity index (χ0v) is 17.8. The SMILES string of the molecule is Cc1cc2cc(C3CCCC3)cc(-c3nccc4cc(C5CCCC5)ccc34)c2o1. The monoisotopic (exact) mass is 395 g/mol. The van der Waals surface area contributed by atoms with Gasteiger partial charge in [0.05, 0.1) is 5.69 Å². The number of benzene rings is 2. The molecule has 0 atom stereocenters. The fourth-order valence-electron chi connectivity index (χ4n) is 5.90. The molecule has 2 aliphatic rings. The van der Waals surface area contributed by atoms with Crippen LogP contribution in [0.5, 0.6) is 0 Å². The van der Waals surface area contributed by atoms with E-state index >= 15 is 0 Å². The highest BCUT2D eigenvalue weighted by Gasteiger charge is 2.22. The predicted molar refractivity (Wildman–Crippen MR) is 124 cm³/mol. The summed E-state index contributed by atoms with van der Waals surface area (Å²) in [6, 6.07) is 16.1. The lowest BCUT2D eigenvalue weighted by atomic mass is 9.91. The number of pyridine rings is 1. The van der Waals surface area contributed by atoms with Crippen LogP contribution >= 0.6 is 0 Å². The topological polar surface area (TPSA) is 26.0 Å². The van der Waals surface area contributed by atoms with Crippen LogP contribution < -0.4 is 0 Å². The zero-order valence-electron chi connectivity index (χ0n) is 17.8. The molecule has 2 aromatic heterocycles. The van der Waals surface area contributed by atoms with Gasteiger partial charge >= 0.3 is 0 Å². The zero-order chi connectivity index (χ0) is 20.1. The van der Waals surface area contributed by atoms with Gasteiger partial charge in [0.15, 0.2) is 0 Å². The second-order valence-electron chi connectivity index (χ2n) is 9.45. The average Bonchev–Trinajstić information content (AvgIpc) is 3.53. The Bertz CT molecular complexity index is 1220. The normalized spacial score (nSPS) is 18.2. The van der Waals surface area contributed by atoms with Gasteiger partial charge in [-0.25, -0.2) is 0 Å². The molecule has 2 nitrogen and oxygen atoms in total. The molecule has 2 aliphatic carbocycles. The molecule has 0 unspecified atom stereocenters. The van der Waals surface area contributed by atoms with Crippen LogP contribution in [0.25, 0.3) is 33.0 Å². The molecule has 30 heavy (non-hydrogen) atoms. The van der Waals surface area contributed by atoms with Gasteiger partial charge in [-0.05, 0) is 85.2 Å². The summed E-state index contributed by atoms with van der Waals surface area (Å²) in [4.78, 5) is 4.87. The summed E-state index contributed by atoms with van der Waals surface area (Å²) in [5.41, 5.74) is 6.15. The third-order valence-corrected chi connectivity index (χ3v) is 7.46. The van der Waals surface area contributed by atoms with Crippen LogP contribution in [-0.4, -0.2) is 4.98 Å². The van der Waals surface area contributed by atoms with Gasteiger partial charge < -0.3 is 4.42 Å². The number of aromatic nitrogens is 1. The molecule has 0 bridgehead atoms. The first-order valence-electron chi connectivity index (χ1n) is 11.7. The van der Waals surface area contributed by atoms with E-state index in [-0.39, 0.29) is 0 Å². The van der Waals surface area contributed by atoms with Gasteiger partial charge in [-0.2, -0.15) is 0 Å². The quantitative estimate of drug-likeness (QED) is 0.349. The summed E-state index contributed by atoms with van der Waals surface area (Å²) in [5.74, 6) is 2.38. The van der Waals surface area contributed by atoms with Crippen molar-refractivity contribution in [2.45, 2.75) is 70.1 Å². The molecule has 0 N–H and O–H groups in total. The highest BCUT2D eigenvalue weighted by Crippen LogP contribution is 2.41. The lowest BCUT2D eigenvalue weighted by molar-refractivity contribution is 0.579. The summed E-state index contributed by atoms with van der Waals surface area (Å²) in [6.45, 7) is 2.05. The van der Waals surface area contributed by atoms with E-state index in [1.165, 1.54) is 78.7 Å². The molecular formula is C28H29NO. The Hall–Kier alpha value is -2.61. The van der Waals surface area contributed by atoms with Crippen molar-refractivity contribution in [3.05, 3.63) is 65.5 Å². The summed E-state index contributed by atoms with van der Waals surface area (Å²) < 4.78 is 6.19. The summed E-state index contributed by atoms with van der Waals surface area (Å²) in [5, 5.41) is 3.75. The molecule has 2 fully saturated rings. The van der Waals surface area contributed by atoms with E-state index in [1.54, 1.807) is 0 Å². The van der Waals surface area contributed by atoms with Gasteiger partial charge in [0, 0.05) is 22.5 Å². The summed E-state index contributed by atoms with van der Waals surface area (Å²) >= 11 is 0. The minimum atomic E-state index is 0.673. The van der Waals surface area contributed by atoms with Crippen molar-refractivity contribution in [1.82, 2.24) is 4.98 Å². The fraction of sp³-hybridized carbons (Fsp3) is 0.393. The highest BCUT2D eigenvalue weighted by molar-refractivity contribution is 6.02. The smallest absolute Gasteiger partial charge is 0.143 e. The number of hydrogen-bond donors (Lipinski definition) is 0. The molecule has 152 valence electrons. The van der Waals surface area contributed by atoms with Crippen LogP contribution in [0.2, 0.25) is 0 Å². The Morgan fingerprint density at radius 2 is 1.47 bits per heavy atom. The van der Waals surface area contributed by atoms with E-state index in [4.69, 9.17) is 9.40 Å². The average molecular weight is 396 g/mol. The number of hydrogen-bond acceptors (Lipinski definition) is 2. The summed E-state index contributed by atoms with van der Waals surface area (Å²) in [6.07, 6.45) is 12.7. The maximum absolute atomic E-state index is 6.19. The molecular weight excluding hydrogens is 366 g/mol. The Morgan fingerprint density at radius 3 is 2.23 bits per heavy atom. The fourth-order valence-corrected chi connectivity index (χ4v) is 5.90. The highest BCUT2D eigenvalue weighted by atomic mass is 16.3. The van der Waals surface area contributed by atoms with E-state index in [0.29, 0.717) is 5.92 Å². The molecule has 2 aromatic carbocycles. The first kappa shape index (κ1) is 18.2. The van der Waals surface area contributed by atoms with Crippen LogP contribution in [-0.2, 0) is 0 Å². The Kier molecular flexibility index (Phi) is 4.40. The van der Waals surface area contributed by atoms with Gasteiger partial charge in [0.1, 0.15) is 11.3 Å². The van der Waals surface area contributed by atoms with Crippen molar-refractivity contribution in [3.63, 3.8) is 0 Å². The molecule has 0 aliphatic heterocycles. The Morgan fingerprint density at radius 1 is 0.767 bits per heavy atom. The molecule has 0 radical (unpaired) electrons. The maximum Gasteiger partial charge on any atom is 0.143 e. The van der Waals surface area contributed by atoms with Crippen molar-refractivity contribution in [1.29, 1.82) is 0 Å². The van der Waals surface area contributed by atoms with Gasteiger partial charge in [-0.1, -0.05) is 43.9 Å². The second kappa shape index (κ2) is 7.27. The molecule has 6 rings (SSSR count). The minimum absolute atomic E-state index is 0.673. The predicted octanol–water partition coefficient (Wildman–Crippen LogP) is 8.27.